The molecule has 0 spiro atoms. The number of hydrogen-bond donors (Lipinski definition) is 1. The van der Waals surface area contributed by atoms with Gasteiger partial charge in [0.1, 0.15) is 12.4 Å². The molecule has 1 atom stereocenters. The van der Waals surface area contributed by atoms with Crippen LogP contribution in [0.5, 0.6) is 0 Å². The first-order valence-corrected chi connectivity index (χ1v) is 5.45. The van der Waals surface area contributed by atoms with E-state index >= 15 is 0 Å². The Morgan fingerprint density at radius 2 is 2.00 bits per heavy atom. The molecule has 0 aliphatic carbocycles. The Kier molecular flexibility index (Phi) is 5.37. The summed E-state index contributed by atoms with van der Waals surface area (Å²) < 4.78 is 52.5. The zero-order valence-electron chi connectivity index (χ0n) is 9.18. The molecule has 1 unspecified atom stereocenters. The van der Waals surface area contributed by atoms with Crippen LogP contribution in [0.15, 0.2) is 18.2 Å². The maximum absolute atomic E-state index is 12.9. The lowest BCUT2D eigenvalue weighted by molar-refractivity contribution is -0.175. The smallest absolute Gasteiger partial charge is 0.388 e. The van der Waals surface area contributed by atoms with Crippen molar-refractivity contribution in [2.75, 3.05) is 13.2 Å². The second-order valence-corrected chi connectivity index (χ2v) is 4.05. The summed E-state index contributed by atoms with van der Waals surface area (Å²) in [6.07, 6.45) is -5.66. The first-order chi connectivity index (χ1) is 8.29. The molecule has 0 fully saturated rings. The highest BCUT2D eigenvalue weighted by atomic mass is 35.5. The molecular formula is C11H11ClF4O2. The number of benzene rings is 1. The molecule has 1 aromatic carbocycles. The van der Waals surface area contributed by atoms with Gasteiger partial charge in [-0.25, -0.2) is 4.39 Å². The van der Waals surface area contributed by atoms with E-state index in [2.05, 4.69) is 4.74 Å². The summed E-state index contributed by atoms with van der Waals surface area (Å²) in [5.41, 5.74) is 0.132. The maximum atomic E-state index is 12.9. The average Bonchev–Trinajstić information content (AvgIpc) is 2.26. The zero-order chi connectivity index (χ0) is 13.8. The highest BCUT2D eigenvalue weighted by Gasteiger charge is 2.27. The van der Waals surface area contributed by atoms with Gasteiger partial charge < -0.3 is 9.84 Å². The Hall–Kier alpha value is -0.850. The normalized spacial score (nSPS) is 13.7. The lowest BCUT2D eigenvalue weighted by Crippen LogP contribution is -2.18. The molecule has 7 heteroatoms. The number of ether oxygens (including phenoxy) is 1. The van der Waals surface area contributed by atoms with Crippen molar-refractivity contribution in [2.24, 2.45) is 0 Å². The number of alkyl halides is 3. The number of hydrogen-bond acceptors (Lipinski definition) is 2. The van der Waals surface area contributed by atoms with Gasteiger partial charge in [0.05, 0.1) is 6.10 Å². The van der Waals surface area contributed by atoms with Gasteiger partial charge in [0.25, 0.3) is 0 Å². The first-order valence-electron chi connectivity index (χ1n) is 5.07. The number of aliphatic hydroxyl groups is 1. The van der Waals surface area contributed by atoms with E-state index in [1.165, 1.54) is 6.07 Å². The van der Waals surface area contributed by atoms with Crippen molar-refractivity contribution in [3.05, 3.63) is 34.6 Å². The van der Waals surface area contributed by atoms with Gasteiger partial charge in [-0.05, 0) is 18.2 Å². The molecule has 0 aliphatic rings. The Labute approximate surface area is 106 Å². The van der Waals surface area contributed by atoms with Crippen molar-refractivity contribution in [3.63, 3.8) is 0 Å². The van der Waals surface area contributed by atoms with E-state index in [1.54, 1.807) is 0 Å². The number of rotatable bonds is 5. The van der Waals surface area contributed by atoms with E-state index in [0.29, 0.717) is 0 Å². The van der Waals surface area contributed by atoms with Crippen LogP contribution in [0.1, 0.15) is 18.1 Å². The molecule has 0 heterocycles. The summed E-state index contributed by atoms with van der Waals surface area (Å²) in [5, 5.41) is 9.80. The molecule has 0 saturated carbocycles. The molecule has 18 heavy (non-hydrogen) atoms. The Morgan fingerprint density at radius 1 is 1.33 bits per heavy atom. The van der Waals surface area contributed by atoms with Crippen molar-refractivity contribution >= 4 is 11.6 Å². The van der Waals surface area contributed by atoms with Crippen LogP contribution in [-0.2, 0) is 4.74 Å². The largest absolute Gasteiger partial charge is 0.411 e. The lowest BCUT2D eigenvalue weighted by Gasteiger charge is -2.13. The highest BCUT2D eigenvalue weighted by molar-refractivity contribution is 6.31. The summed E-state index contributed by atoms with van der Waals surface area (Å²) >= 11 is 5.73. The standard InChI is InChI=1S/C11H11ClF4O2/c12-9-2-1-7(13)5-8(9)10(17)3-4-18-6-11(14,15)16/h1-2,5,10,17H,3-4,6H2. The van der Waals surface area contributed by atoms with Crippen LogP contribution in [-0.4, -0.2) is 24.5 Å². The predicted molar refractivity (Wildman–Crippen MR) is 57.9 cm³/mol. The number of halogens is 5. The molecule has 0 saturated heterocycles. The molecule has 1 aromatic rings. The minimum atomic E-state index is -4.40. The minimum absolute atomic E-state index is 0.0980. The van der Waals surface area contributed by atoms with E-state index < -0.39 is 24.7 Å². The highest BCUT2D eigenvalue weighted by Crippen LogP contribution is 2.26. The topological polar surface area (TPSA) is 29.5 Å². The van der Waals surface area contributed by atoms with Gasteiger partial charge in [0, 0.05) is 23.6 Å². The van der Waals surface area contributed by atoms with Crippen LogP contribution in [0, 0.1) is 5.82 Å². The molecule has 0 aromatic heterocycles. The van der Waals surface area contributed by atoms with Crippen molar-refractivity contribution in [3.8, 4) is 0 Å². The van der Waals surface area contributed by atoms with Crippen molar-refractivity contribution < 1.29 is 27.4 Å². The van der Waals surface area contributed by atoms with Crippen LogP contribution in [0.2, 0.25) is 5.02 Å². The summed E-state index contributed by atoms with van der Waals surface area (Å²) in [6.45, 7) is -1.68. The summed E-state index contributed by atoms with van der Waals surface area (Å²) in [7, 11) is 0. The lowest BCUT2D eigenvalue weighted by atomic mass is 10.1. The van der Waals surface area contributed by atoms with Crippen LogP contribution in [0.4, 0.5) is 17.6 Å². The van der Waals surface area contributed by atoms with Crippen LogP contribution >= 0.6 is 11.6 Å². The molecule has 1 N–H and O–H groups in total. The van der Waals surface area contributed by atoms with E-state index in [-0.39, 0.29) is 23.6 Å². The van der Waals surface area contributed by atoms with Gasteiger partial charge >= 0.3 is 6.18 Å². The van der Waals surface area contributed by atoms with Crippen LogP contribution in [0.3, 0.4) is 0 Å². The monoisotopic (exact) mass is 286 g/mol. The molecule has 2 nitrogen and oxygen atoms in total. The van der Waals surface area contributed by atoms with Gasteiger partial charge in [-0.3, -0.25) is 0 Å². The van der Waals surface area contributed by atoms with E-state index in [4.69, 9.17) is 11.6 Å². The van der Waals surface area contributed by atoms with Crippen molar-refractivity contribution in [1.29, 1.82) is 0 Å². The third-order valence-electron chi connectivity index (χ3n) is 2.12. The van der Waals surface area contributed by atoms with Gasteiger partial charge in [-0.15, -0.1) is 0 Å². The Balaban J connectivity index is 2.45. The third kappa shape index (κ3) is 5.20. The first kappa shape index (κ1) is 15.2. The van der Waals surface area contributed by atoms with Gasteiger partial charge in [0.2, 0.25) is 0 Å². The zero-order valence-corrected chi connectivity index (χ0v) is 9.93. The predicted octanol–water partition coefficient (Wildman–Crippen LogP) is 3.48. The van der Waals surface area contributed by atoms with Crippen LogP contribution in [0.25, 0.3) is 0 Å². The Bertz CT molecular complexity index is 395. The molecule has 102 valence electrons. The van der Waals surface area contributed by atoms with Crippen LogP contribution < -0.4 is 0 Å². The van der Waals surface area contributed by atoms with E-state index in [0.717, 1.165) is 12.1 Å². The maximum Gasteiger partial charge on any atom is 0.411 e. The molecule has 0 aliphatic heterocycles. The molecule has 1 rings (SSSR count). The average molecular weight is 287 g/mol. The summed E-state index contributed by atoms with van der Waals surface area (Å²) in [5.74, 6) is -0.579. The fraction of sp³-hybridized carbons (Fsp3) is 0.455. The summed E-state index contributed by atoms with van der Waals surface area (Å²) in [4.78, 5) is 0. The SMILES string of the molecule is OC(CCOCC(F)(F)F)c1cc(F)ccc1Cl. The molecule has 0 bridgehead atoms. The van der Waals surface area contributed by atoms with E-state index in [9.17, 15) is 22.7 Å². The van der Waals surface area contributed by atoms with Crippen molar-refractivity contribution in [1.82, 2.24) is 0 Å². The van der Waals surface area contributed by atoms with Gasteiger partial charge in [-0.1, -0.05) is 11.6 Å². The quantitative estimate of drug-likeness (QED) is 0.663. The Morgan fingerprint density at radius 3 is 2.61 bits per heavy atom. The fourth-order valence-corrected chi connectivity index (χ4v) is 1.55. The summed E-state index contributed by atoms with van der Waals surface area (Å²) in [6, 6.07) is 3.43. The number of aliphatic hydroxyl groups excluding tert-OH is 1. The molecule has 0 amide bonds. The molecule has 0 radical (unpaired) electrons. The van der Waals surface area contributed by atoms with Gasteiger partial charge in [-0.2, -0.15) is 13.2 Å². The van der Waals surface area contributed by atoms with E-state index in [1.807, 2.05) is 0 Å². The molecular weight excluding hydrogens is 276 g/mol. The third-order valence-corrected chi connectivity index (χ3v) is 2.46. The minimum Gasteiger partial charge on any atom is -0.388 e. The second kappa shape index (κ2) is 6.36. The van der Waals surface area contributed by atoms with Crippen molar-refractivity contribution in [2.45, 2.75) is 18.7 Å². The van der Waals surface area contributed by atoms with Gasteiger partial charge in [0.15, 0.2) is 0 Å². The second-order valence-electron chi connectivity index (χ2n) is 3.64. The fourth-order valence-electron chi connectivity index (χ4n) is 1.31.